The predicted octanol–water partition coefficient (Wildman–Crippen LogP) is 3.21. The molecule has 0 saturated heterocycles. The van der Waals surface area contributed by atoms with Gasteiger partial charge in [0.1, 0.15) is 5.52 Å². The van der Waals surface area contributed by atoms with Crippen molar-refractivity contribution in [3.63, 3.8) is 0 Å². The van der Waals surface area contributed by atoms with Crippen LogP contribution < -0.4 is 4.74 Å². The van der Waals surface area contributed by atoms with Crippen LogP contribution in [0.1, 0.15) is 5.56 Å². The molecule has 0 spiro atoms. The van der Waals surface area contributed by atoms with Crippen molar-refractivity contribution in [2.24, 2.45) is 0 Å². The van der Waals surface area contributed by atoms with Crippen molar-refractivity contribution in [2.75, 3.05) is 7.11 Å². The third-order valence-electron chi connectivity index (χ3n) is 2.21. The number of hydrogen-bond donors (Lipinski definition) is 0. The molecule has 0 unspecified atom stereocenters. The molecule has 72 valence electrons. The zero-order valence-corrected chi connectivity index (χ0v) is 8.80. The molecule has 0 amide bonds. The zero-order chi connectivity index (χ0) is 10.1. The molecule has 0 fully saturated rings. The van der Waals surface area contributed by atoms with Gasteiger partial charge in [-0.25, -0.2) is 0 Å². The second-order valence-corrected chi connectivity index (χ2v) is 3.52. The highest BCUT2D eigenvalue weighted by molar-refractivity contribution is 6.33. The molecule has 0 saturated carbocycles. The lowest BCUT2D eigenvalue weighted by Crippen LogP contribution is -1.90. The molecule has 14 heavy (non-hydrogen) atoms. The van der Waals surface area contributed by atoms with E-state index in [2.05, 4.69) is 4.98 Å². The second kappa shape index (κ2) is 3.46. The number of hydrogen-bond acceptors (Lipinski definition) is 2. The number of pyridine rings is 1. The Morgan fingerprint density at radius 1 is 1.43 bits per heavy atom. The van der Waals surface area contributed by atoms with E-state index in [-0.39, 0.29) is 0 Å². The molecule has 0 radical (unpaired) electrons. The number of halogens is 1. The van der Waals surface area contributed by atoms with Crippen LogP contribution in [0.25, 0.3) is 10.9 Å². The van der Waals surface area contributed by atoms with Crippen molar-refractivity contribution >= 4 is 22.5 Å². The molecule has 0 aliphatic heterocycles. The lowest BCUT2D eigenvalue weighted by molar-refractivity contribution is 0.419. The van der Waals surface area contributed by atoms with Gasteiger partial charge in [0.2, 0.25) is 0 Å². The predicted molar refractivity (Wildman–Crippen MR) is 58.0 cm³/mol. The van der Waals surface area contributed by atoms with Crippen molar-refractivity contribution < 1.29 is 4.74 Å². The summed E-state index contributed by atoms with van der Waals surface area (Å²) in [6, 6.07) is 5.81. The minimum absolute atomic E-state index is 0.608. The number of nitrogens with zero attached hydrogens (tertiary/aromatic N) is 1. The van der Waals surface area contributed by atoms with Gasteiger partial charge in [-0.15, -0.1) is 0 Å². The molecule has 1 aromatic heterocycles. The standard InChI is InChI=1S/C11H10ClNO/c1-7-6-9(12)11(14-2)10-8(7)4-3-5-13-10/h3-6H,1-2H3. The molecule has 1 aromatic carbocycles. The molecule has 1 heterocycles. The molecular weight excluding hydrogens is 198 g/mol. The third kappa shape index (κ3) is 1.32. The van der Waals surface area contributed by atoms with E-state index < -0.39 is 0 Å². The van der Waals surface area contributed by atoms with Gasteiger partial charge in [-0.2, -0.15) is 0 Å². The largest absolute Gasteiger partial charge is 0.493 e. The summed E-state index contributed by atoms with van der Waals surface area (Å²) in [7, 11) is 1.60. The van der Waals surface area contributed by atoms with E-state index in [9.17, 15) is 0 Å². The van der Waals surface area contributed by atoms with Gasteiger partial charge >= 0.3 is 0 Å². The van der Waals surface area contributed by atoms with Crippen LogP contribution in [0.5, 0.6) is 5.75 Å². The lowest BCUT2D eigenvalue weighted by Gasteiger charge is -2.08. The first kappa shape index (κ1) is 9.28. The van der Waals surface area contributed by atoms with E-state index in [0.717, 1.165) is 16.5 Å². The maximum absolute atomic E-state index is 6.04. The molecule has 0 N–H and O–H groups in total. The highest BCUT2D eigenvalue weighted by atomic mass is 35.5. The van der Waals surface area contributed by atoms with E-state index in [1.165, 1.54) is 0 Å². The van der Waals surface area contributed by atoms with Gasteiger partial charge in [0.15, 0.2) is 5.75 Å². The fourth-order valence-electron chi connectivity index (χ4n) is 1.55. The molecule has 0 aliphatic rings. The van der Waals surface area contributed by atoms with Crippen LogP contribution in [0, 0.1) is 6.92 Å². The maximum Gasteiger partial charge on any atom is 0.163 e. The Kier molecular flexibility index (Phi) is 2.30. The minimum atomic E-state index is 0.608. The van der Waals surface area contributed by atoms with E-state index in [4.69, 9.17) is 16.3 Å². The van der Waals surface area contributed by atoms with E-state index >= 15 is 0 Å². The third-order valence-corrected chi connectivity index (χ3v) is 2.49. The maximum atomic E-state index is 6.04. The van der Waals surface area contributed by atoms with Crippen molar-refractivity contribution in [3.05, 3.63) is 35.0 Å². The summed E-state index contributed by atoms with van der Waals surface area (Å²) < 4.78 is 5.22. The minimum Gasteiger partial charge on any atom is -0.493 e. The number of fused-ring (bicyclic) bond motifs is 1. The van der Waals surface area contributed by atoms with Crippen LogP contribution in [0.3, 0.4) is 0 Å². The molecule has 0 bridgehead atoms. The average Bonchev–Trinajstić information content (AvgIpc) is 2.18. The van der Waals surface area contributed by atoms with Crippen LogP contribution in [-0.4, -0.2) is 12.1 Å². The summed E-state index contributed by atoms with van der Waals surface area (Å²) in [6.07, 6.45) is 1.74. The summed E-state index contributed by atoms with van der Waals surface area (Å²) >= 11 is 6.04. The van der Waals surface area contributed by atoms with Gasteiger partial charge in [-0.05, 0) is 24.6 Å². The summed E-state index contributed by atoms with van der Waals surface area (Å²) in [4.78, 5) is 4.26. The van der Waals surface area contributed by atoms with Crippen LogP contribution in [0.2, 0.25) is 5.02 Å². The van der Waals surface area contributed by atoms with Crippen LogP contribution >= 0.6 is 11.6 Å². The Morgan fingerprint density at radius 2 is 2.21 bits per heavy atom. The fourth-order valence-corrected chi connectivity index (χ4v) is 1.88. The first-order chi connectivity index (χ1) is 6.74. The molecular formula is C11H10ClNO. The summed E-state index contributed by atoms with van der Waals surface area (Å²) in [5, 5.41) is 1.69. The number of rotatable bonds is 1. The zero-order valence-electron chi connectivity index (χ0n) is 8.04. The quantitative estimate of drug-likeness (QED) is 0.717. The highest BCUT2D eigenvalue weighted by Gasteiger charge is 2.09. The number of benzene rings is 1. The second-order valence-electron chi connectivity index (χ2n) is 3.11. The smallest absolute Gasteiger partial charge is 0.163 e. The Bertz CT molecular complexity index is 482. The van der Waals surface area contributed by atoms with Gasteiger partial charge in [0.05, 0.1) is 12.1 Å². The van der Waals surface area contributed by atoms with Crippen molar-refractivity contribution in [3.8, 4) is 5.75 Å². The van der Waals surface area contributed by atoms with Gasteiger partial charge in [-0.3, -0.25) is 4.98 Å². The Hall–Kier alpha value is -1.28. The van der Waals surface area contributed by atoms with E-state index in [0.29, 0.717) is 10.8 Å². The van der Waals surface area contributed by atoms with Crippen LogP contribution in [0.15, 0.2) is 24.4 Å². The molecule has 0 aliphatic carbocycles. The van der Waals surface area contributed by atoms with Crippen molar-refractivity contribution in [1.29, 1.82) is 0 Å². The van der Waals surface area contributed by atoms with Gasteiger partial charge in [0.25, 0.3) is 0 Å². The Balaban J connectivity index is 2.90. The van der Waals surface area contributed by atoms with Gasteiger partial charge < -0.3 is 4.74 Å². The number of aromatic nitrogens is 1. The summed E-state index contributed by atoms with van der Waals surface area (Å²) in [5.41, 5.74) is 1.93. The van der Waals surface area contributed by atoms with Gasteiger partial charge in [0, 0.05) is 11.6 Å². The Labute approximate surface area is 87.5 Å². The number of ether oxygens (including phenoxy) is 1. The molecule has 2 rings (SSSR count). The van der Waals surface area contributed by atoms with Crippen molar-refractivity contribution in [1.82, 2.24) is 4.98 Å². The molecule has 0 atom stereocenters. The normalized spacial score (nSPS) is 10.5. The van der Waals surface area contributed by atoms with Crippen LogP contribution in [-0.2, 0) is 0 Å². The molecule has 2 aromatic rings. The molecule has 2 nitrogen and oxygen atoms in total. The first-order valence-corrected chi connectivity index (χ1v) is 4.69. The Morgan fingerprint density at radius 3 is 2.93 bits per heavy atom. The average molecular weight is 208 g/mol. The fraction of sp³-hybridized carbons (Fsp3) is 0.182. The van der Waals surface area contributed by atoms with Crippen molar-refractivity contribution in [2.45, 2.75) is 6.92 Å². The van der Waals surface area contributed by atoms with E-state index in [1.807, 2.05) is 25.1 Å². The highest BCUT2D eigenvalue weighted by Crippen LogP contribution is 2.33. The summed E-state index contributed by atoms with van der Waals surface area (Å²) in [6.45, 7) is 2.01. The van der Waals surface area contributed by atoms with Crippen LogP contribution in [0.4, 0.5) is 0 Å². The number of aryl methyl sites for hydroxylation is 1. The van der Waals surface area contributed by atoms with E-state index in [1.54, 1.807) is 13.3 Å². The first-order valence-electron chi connectivity index (χ1n) is 4.32. The topological polar surface area (TPSA) is 22.1 Å². The van der Waals surface area contributed by atoms with Gasteiger partial charge in [-0.1, -0.05) is 17.7 Å². The monoisotopic (exact) mass is 207 g/mol. The molecule has 3 heteroatoms. The lowest BCUT2D eigenvalue weighted by atomic mass is 10.1. The summed E-state index contributed by atoms with van der Waals surface area (Å²) in [5.74, 6) is 0.646. The number of methoxy groups -OCH3 is 1. The SMILES string of the molecule is COc1c(Cl)cc(C)c2cccnc12.